The van der Waals surface area contributed by atoms with E-state index in [1.165, 1.54) is 0 Å². The van der Waals surface area contributed by atoms with Crippen LogP contribution in [0.2, 0.25) is 0 Å². The average Bonchev–Trinajstić information content (AvgIpc) is 2.46. The summed E-state index contributed by atoms with van der Waals surface area (Å²) in [5.74, 6) is 0.189. The van der Waals surface area contributed by atoms with Crippen molar-refractivity contribution in [2.24, 2.45) is 5.92 Å². The first-order valence-corrected chi connectivity index (χ1v) is 7.73. The van der Waals surface area contributed by atoms with Crippen molar-refractivity contribution in [2.45, 2.75) is 45.6 Å². The van der Waals surface area contributed by atoms with Crippen molar-refractivity contribution in [3.63, 3.8) is 0 Å². The van der Waals surface area contributed by atoms with E-state index in [-0.39, 0.29) is 5.92 Å². The minimum atomic E-state index is -0.646. The zero-order valence-electron chi connectivity index (χ0n) is 12.9. The molecule has 0 heterocycles. The smallest absolute Gasteiger partial charge is 0.306 e. The van der Waals surface area contributed by atoms with Crippen LogP contribution in [0.5, 0.6) is 5.75 Å². The van der Waals surface area contributed by atoms with Crippen LogP contribution in [-0.4, -0.2) is 30.3 Å². The minimum absolute atomic E-state index is 0.145. The topological polar surface area (TPSA) is 58.6 Å². The third-order valence-corrected chi connectivity index (χ3v) is 4.27. The number of aryl methyl sites for hydroxylation is 2. The highest BCUT2D eigenvalue weighted by Gasteiger charge is 2.25. The average molecular weight is 291 g/mol. The molecule has 0 unspecified atom stereocenters. The van der Waals surface area contributed by atoms with Crippen molar-refractivity contribution in [3.05, 3.63) is 29.3 Å². The van der Waals surface area contributed by atoms with Crippen LogP contribution in [0.3, 0.4) is 0 Å². The van der Waals surface area contributed by atoms with E-state index in [9.17, 15) is 4.79 Å². The number of hydrogen-bond acceptors (Lipinski definition) is 3. The summed E-state index contributed by atoms with van der Waals surface area (Å²) in [5, 5.41) is 12.4. The molecule has 0 atom stereocenters. The summed E-state index contributed by atoms with van der Waals surface area (Å²) in [6, 6.07) is 6.59. The number of nitrogens with one attached hydrogen (secondary N) is 1. The van der Waals surface area contributed by atoms with Crippen LogP contribution in [0.15, 0.2) is 18.2 Å². The van der Waals surface area contributed by atoms with Gasteiger partial charge in [-0.1, -0.05) is 18.2 Å². The monoisotopic (exact) mass is 291 g/mol. The van der Waals surface area contributed by atoms with E-state index in [1.54, 1.807) is 0 Å². The Morgan fingerprint density at radius 3 is 2.43 bits per heavy atom. The molecule has 0 amide bonds. The Labute approximate surface area is 126 Å². The number of para-hydroxylation sites is 1. The van der Waals surface area contributed by atoms with Crippen LogP contribution in [0.1, 0.15) is 36.8 Å². The molecule has 1 fully saturated rings. The maximum Gasteiger partial charge on any atom is 0.306 e. The van der Waals surface area contributed by atoms with Gasteiger partial charge in [0.1, 0.15) is 12.4 Å². The maximum atomic E-state index is 10.9. The highest BCUT2D eigenvalue weighted by molar-refractivity contribution is 5.70. The molecule has 1 aromatic rings. The molecule has 4 nitrogen and oxygen atoms in total. The van der Waals surface area contributed by atoms with Gasteiger partial charge < -0.3 is 15.2 Å². The predicted octanol–water partition coefficient (Wildman–Crippen LogP) is 2.92. The van der Waals surface area contributed by atoms with Crippen LogP contribution in [-0.2, 0) is 4.79 Å². The lowest BCUT2D eigenvalue weighted by Gasteiger charge is -2.27. The van der Waals surface area contributed by atoms with Gasteiger partial charge in [0.25, 0.3) is 0 Å². The first-order chi connectivity index (χ1) is 10.1. The molecule has 2 N–H and O–H groups in total. The van der Waals surface area contributed by atoms with E-state index >= 15 is 0 Å². The fourth-order valence-electron chi connectivity index (χ4n) is 2.99. The van der Waals surface area contributed by atoms with Crippen LogP contribution in [0.4, 0.5) is 0 Å². The predicted molar refractivity (Wildman–Crippen MR) is 82.8 cm³/mol. The summed E-state index contributed by atoms with van der Waals surface area (Å²) >= 11 is 0. The standard InChI is InChI=1S/C17H25NO3/c1-12-4-3-5-13(2)16(12)21-11-10-18-15-8-6-14(7-9-15)17(19)20/h3-5,14-15,18H,6-11H2,1-2H3,(H,19,20). The molecular weight excluding hydrogens is 266 g/mol. The van der Waals surface area contributed by atoms with Crippen molar-refractivity contribution < 1.29 is 14.6 Å². The molecule has 1 aromatic carbocycles. The summed E-state index contributed by atoms with van der Waals surface area (Å²) in [5.41, 5.74) is 2.33. The second-order valence-corrected chi connectivity index (χ2v) is 5.91. The summed E-state index contributed by atoms with van der Waals surface area (Å²) in [7, 11) is 0. The lowest BCUT2D eigenvalue weighted by Crippen LogP contribution is -2.37. The van der Waals surface area contributed by atoms with Crippen molar-refractivity contribution in [3.8, 4) is 5.75 Å². The first kappa shape index (κ1) is 15.8. The SMILES string of the molecule is Cc1cccc(C)c1OCCNC1CCC(C(=O)O)CC1. The number of carboxylic acids is 1. The molecule has 0 radical (unpaired) electrons. The molecule has 0 saturated heterocycles. The third kappa shape index (κ3) is 4.46. The van der Waals surface area contributed by atoms with E-state index in [4.69, 9.17) is 9.84 Å². The minimum Gasteiger partial charge on any atom is -0.492 e. The highest BCUT2D eigenvalue weighted by Crippen LogP contribution is 2.24. The van der Waals surface area contributed by atoms with Gasteiger partial charge in [0.15, 0.2) is 0 Å². The zero-order valence-corrected chi connectivity index (χ0v) is 12.9. The molecule has 0 spiro atoms. The molecule has 1 saturated carbocycles. The van der Waals surface area contributed by atoms with Gasteiger partial charge in [-0.3, -0.25) is 4.79 Å². The Hall–Kier alpha value is -1.55. The van der Waals surface area contributed by atoms with Gasteiger partial charge in [0.05, 0.1) is 5.92 Å². The molecule has 0 aromatic heterocycles. The van der Waals surface area contributed by atoms with Crippen molar-refractivity contribution in [2.75, 3.05) is 13.2 Å². The zero-order chi connectivity index (χ0) is 15.2. The van der Waals surface area contributed by atoms with Crippen LogP contribution in [0, 0.1) is 19.8 Å². The maximum absolute atomic E-state index is 10.9. The van der Waals surface area contributed by atoms with Crippen LogP contribution < -0.4 is 10.1 Å². The van der Waals surface area contributed by atoms with Gasteiger partial charge in [0.2, 0.25) is 0 Å². The summed E-state index contributed by atoms with van der Waals surface area (Å²) in [6.07, 6.45) is 3.45. The van der Waals surface area contributed by atoms with Crippen molar-refractivity contribution in [1.82, 2.24) is 5.32 Å². The number of hydrogen-bond donors (Lipinski definition) is 2. The first-order valence-electron chi connectivity index (χ1n) is 7.73. The largest absolute Gasteiger partial charge is 0.492 e. The Morgan fingerprint density at radius 1 is 1.24 bits per heavy atom. The summed E-state index contributed by atoms with van der Waals surface area (Å²) in [4.78, 5) is 10.9. The van der Waals surface area contributed by atoms with E-state index in [1.807, 2.05) is 6.07 Å². The number of ether oxygens (including phenoxy) is 1. The molecule has 4 heteroatoms. The van der Waals surface area contributed by atoms with Gasteiger partial charge in [-0.25, -0.2) is 0 Å². The molecule has 1 aliphatic carbocycles. The number of rotatable bonds is 6. The lowest BCUT2D eigenvalue weighted by molar-refractivity contribution is -0.142. The van der Waals surface area contributed by atoms with E-state index < -0.39 is 5.97 Å². The third-order valence-electron chi connectivity index (χ3n) is 4.27. The molecule has 1 aliphatic rings. The van der Waals surface area contributed by atoms with Gasteiger partial charge in [0, 0.05) is 12.6 Å². The van der Waals surface area contributed by atoms with Gasteiger partial charge in [-0.2, -0.15) is 0 Å². The fourth-order valence-corrected chi connectivity index (χ4v) is 2.99. The number of aliphatic carboxylic acids is 1. The second kappa shape index (κ2) is 7.46. The van der Waals surface area contributed by atoms with Gasteiger partial charge >= 0.3 is 5.97 Å². The van der Waals surface area contributed by atoms with Crippen LogP contribution >= 0.6 is 0 Å². The van der Waals surface area contributed by atoms with Gasteiger partial charge in [-0.05, 0) is 50.7 Å². The lowest BCUT2D eigenvalue weighted by atomic mass is 9.86. The van der Waals surface area contributed by atoms with E-state index in [0.717, 1.165) is 49.1 Å². The highest BCUT2D eigenvalue weighted by atomic mass is 16.5. The second-order valence-electron chi connectivity index (χ2n) is 5.91. The van der Waals surface area contributed by atoms with E-state index in [0.29, 0.717) is 12.6 Å². The Kier molecular flexibility index (Phi) is 5.62. The Balaban J connectivity index is 1.68. The Bertz CT molecular complexity index is 459. The molecule has 21 heavy (non-hydrogen) atoms. The van der Waals surface area contributed by atoms with Crippen LogP contribution in [0.25, 0.3) is 0 Å². The number of carbonyl (C=O) groups is 1. The normalized spacial score (nSPS) is 22.0. The van der Waals surface area contributed by atoms with Gasteiger partial charge in [-0.15, -0.1) is 0 Å². The Morgan fingerprint density at radius 2 is 1.86 bits per heavy atom. The number of benzene rings is 1. The molecule has 0 aliphatic heterocycles. The molecule has 2 rings (SSSR count). The fraction of sp³-hybridized carbons (Fsp3) is 0.588. The number of carboxylic acid groups (broad SMARTS) is 1. The summed E-state index contributed by atoms with van der Waals surface area (Å²) < 4.78 is 5.86. The van der Waals surface area contributed by atoms with Crippen molar-refractivity contribution in [1.29, 1.82) is 0 Å². The summed E-state index contributed by atoms with van der Waals surface area (Å²) in [6.45, 7) is 5.56. The molecule has 116 valence electrons. The van der Waals surface area contributed by atoms with Crippen molar-refractivity contribution >= 4 is 5.97 Å². The molecular formula is C17H25NO3. The quantitative estimate of drug-likeness (QED) is 0.791. The van der Waals surface area contributed by atoms with E-state index in [2.05, 4.69) is 31.3 Å². The molecule has 0 bridgehead atoms.